The number of nitrogens with two attached hydrogens (primary N) is 1. The summed E-state index contributed by atoms with van der Waals surface area (Å²) in [7, 11) is 1.52. The van der Waals surface area contributed by atoms with Crippen molar-refractivity contribution < 1.29 is 4.39 Å². The number of hydrogen-bond acceptors (Lipinski definition) is 3. The molecule has 96 valence electrons. The fourth-order valence-electron chi connectivity index (χ4n) is 1.93. The Bertz CT molecular complexity index is 703. The number of nitrogens with zero attached hydrogens (tertiary/aromatic N) is 2. The Morgan fingerprint density at radius 1 is 1.33 bits per heavy atom. The molecule has 2 rings (SSSR count). The second kappa shape index (κ2) is 4.73. The van der Waals surface area contributed by atoms with E-state index in [1.54, 1.807) is 0 Å². The van der Waals surface area contributed by atoms with E-state index in [0.29, 0.717) is 23.9 Å². The Morgan fingerprint density at radius 2 is 2.06 bits per heavy atom. The average molecular weight is 251 g/mol. The molecule has 0 aliphatic heterocycles. The molecule has 0 fully saturated rings. The Labute approximate surface area is 102 Å². The van der Waals surface area contributed by atoms with Gasteiger partial charge in [-0.3, -0.25) is 13.9 Å². The highest BCUT2D eigenvalue weighted by molar-refractivity contribution is 5.77. The largest absolute Gasteiger partial charge is 0.331 e. The van der Waals surface area contributed by atoms with E-state index in [-0.39, 0.29) is 6.54 Å². The molecular formula is C12H14FN3O2. The van der Waals surface area contributed by atoms with Gasteiger partial charge < -0.3 is 5.73 Å². The van der Waals surface area contributed by atoms with Crippen LogP contribution < -0.4 is 17.0 Å². The molecule has 1 heterocycles. The standard InChI is InChI=1S/C12H14FN3O2/c1-15-10-7-8(13)3-4-9(10)11(17)16(12(15)18)6-2-5-14/h3-4,7H,2,5-6,14H2,1H3. The summed E-state index contributed by atoms with van der Waals surface area (Å²) in [5.74, 6) is -0.475. The highest BCUT2D eigenvalue weighted by Gasteiger charge is 2.10. The first-order chi connectivity index (χ1) is 8.56. The first-order valence-electron chi connectivity index (χ1n) is 5.65. The molecule has 0 unspecified atom stereocenters. The van der Waals surface area contributed by atoms with Crippen molar-refractivity contribution >= 4 is 10.9 Å². The van der Waals surface area contributed by atoms with Gasteiger partial charge in [-0.05, 0) is 31.2 Å². The van der Waals surface area contributed by atoms with Crippen molar-refractivity contribution in [2.45, 2.75) is 13.0 Å². The number of aromatic nitrogens is 2. The molecule has 0 aliphatic rings. The number of fused-ring (bicyclic) bond motifs is 1. The monoisotopic (exact) mass is 251 g/mol. The molecular weight excluding hydrogens is 237 g/mol. The fourth-order valence-corrected chi connectivity index (χ4v) is 1.93. The second-order valence-corrected chi connectivity index (χ2v) is 4.10. The SMILES string of the molecule is Cn1c(=O)n(CCCN)c(=O)c2ccc(F)cc21. The van der Waals surface area contributed by atoms with Crippen molar-refractivity contribution in [3.8, 4) is 0 Å². The van der Waals surface area contributed by atoms with Gasteiger partial charge in [-0.25, -0.2) is 9.18 Å². The molecule has 0 bridgehead atoms. The maximum Gasteiger partial charge on any atom is 0.331 e. The van der Waals surface area contributed by atoms with Gasteiger partial charge >= 0.3 is 5.69 Å². The van der Waals surface area contributed by atoms with Crippen LogP contribution in [0.5, 0.6) is 0 Å². The maximum atomic E-state index is 13.1. The minimum Gasteiger partial charge on any atom is -0.330 e. The van der Waals surface area contributed by atoms with Crippen molar-refractivity contribution in [1.29, 1.82) is 0 Å². The summed E-state index contributed by atoms with van der Waals surface area (Å²) in [4.78, 5) is 24.1. The number of hydrogen-bond donors (Lipinski definition) is 1. The van der Waals surface area contributed by atoms with Gasteiger partial charge in [0.05, 0.1) is 10.9 Å². The van der Waals surface area contributed by atoms with Gasteiger partial charge in [0.2, 0.25) is 0 Å². The number of aryl methyl sites for hydroxylation is 1. The van der Waals surface area contributed by atoms with Crippen LogP contribution in [0.15, 0.2) is 27.8 Å². The zero-order chi connectivity index (χ0) is 13.3. The smallest absolute Gasteiger partial charge is 0.330 e. The van der Waals surface area contributed by atoms with Gasteiger partial charge in [-0.15, -0.1) is 0 Å². The molecule has 0 atom stereocenters. The summed E-state index contributed by atoms with van der Waals surface area (Å²) in [5.41, 5.74) is 4.82. The van der Waals surface area contributed by atoms with Gasteiger partial charge in [-0.1, -0.05) is 0 Å². The van der Waals surface area contributed by atoms with Crippen LogP contribution in [0, 0.1) is 5.82 Å². The lowest BCUT2D eigenvalue weighted by molar-refractivity contribution is 0.578. The van der Waals surface area contributed by atoms with E-state index in [0.717, 1.165) is 4.57 Å². The normalized spacial score (nSPS) is 11.1. The van der Waals surface area contributed by atoms with E-state index < -0.39 is 17.1 Å². The van der Waals surface area contributed by atoms with Crippen molar-refractivity contribution in [2.24, 2.45) is 12.8 Å². The average Bonchev–Trinajstić information content (AvgIpc) is 2.36. The van der Waals surface area contributed by atoms with Crippen molar-refractivity contribution in [2.75, 3.05) is 6.54 Å². The molecule has 5 nitrogen and oxygen atoms in total. The van der Waals surface area contributed by atoms with E-state index in [1.807, 2.05) is 0 Å². The van der Waals surface area contributed by atoms with E-state index in [9.17, 15) is 14.0 Å². The summed E-state index contributed by atoms with van der Waals surface area (Å²) >= 11 is 0. The number of benzene rings is 1. The van der Waals surface area contributed by atoms with Gasteiger partial charge in [0.15, 0.2) is 0 Å². The van der Waals surface area contributed by atoms with Crippen LogP contribution in [-0.2, 0) is 13.6 Å². The van der Waals surface area contributed by atoms with Gasteiger partial charge in [0, 0.05) is 13.6 Å². The molecule has 1 aromatic carbocycles. The molecule has 0 aliphatic carbocycles. The molecule has 0 amide bonds. The molecule has 18 heavy (non-hydrogen) atoms. The van der Waals surface area contributed by atoms with Crippen LogP contribution in [0.3, 0.4) is 0 Å². The molecule has 0 radical (unpaired) electrons. The Morgan fingerprint density at radius 3 is 2.72 bits per heavy atom. The minimum atomic E-state index is -0.475. The molecule has 2 N–H and O–H groups in total. The Hall–Kier alpha value is -1.95. The van der Waals surface area contributed by atoms with E-state index in [1.165, 1.54) is 29.8 Å². The van der Waals surface area contributed by atoms with Gasteiger partial charge in [0.25, 0.3) is 5.56 Å². The van der Waals surface area contributed by atoms with Gasteiger partial charge in [-0.2, -0.15) is 0 Å². The van der Waals surface area contributed by atoms with E-state index in [2.05, 4.69) is 0 Å². The van der Waals surface area contributed by atoms with Crippen LogP contribution >= 0.6 is 0 Å². The lowest BCUT2D eigenvalue weighted by Gasteiger charge is -2.10. The Kier molecular flexibility index (Phi) is 3.29. The summed E-state index contributed by atoms with van der Waals surface area (Å²) in [5, 5.41) is 0.329. The quantitative estimate of drug-likeness (QED) is 0.846. The molecule has 6 heteroatoms. The fraction of sp³-hybridized carbons (Fsp3) is 0.333. The highest BCUT2D eigenvalue weighted by atomic mass is 19.1. The third-order valence-electron chi connectivity index (χ3n) is 2.90. The predicted octanol–water partition coefficient (Wildman–Crippen LogP) is 0.188. The predicted molar refractivity (Wildman–Crippen MR) is 67.1 cm³/mol. The lowest BCUT2D eigenvalue weighted by atomic mass is 10.2. The van der Waals surface area contributed by atoms with Crippen LogP contribution in [0.2, 0.25) is 0 Å². The zero-order valence-corrected chi connectivity index (χ0v) is 10.0. The lowest BCUT2D eigenvalue weighted by Crippen LogP contribution is -2.39. The summed E-state index contributed by atoms with van der Waals surface area (Å²) in [6, 6.07) is 3.79. The van der Waals surface area contributed by atoms with Crippen LogP contribution in [0.1, 0.15) is 6.42 Å². The van der Waals surface area contributed by atoms with E-state index in [4.69, 9.17) is 5.73 Å². The Balaban J connectivity index is 2.80. The van der Waals surface area contributed by atoms with Crippen LogP contribution in [0.4, 0.5) is 4.39 Å². The molecule has 0 spiro atoms. The zero-order valence-electron chi connectivity index (χ0n) is 10.0. The third-order valence-corrected chi connectivity index (χ3v) is 2.90. The van der Waals surface area contributed by atoms with Crippen molar-refractivity contribution in [1.82, 2.24) is 9.13 Å². The second-order valence-electron chi connectivity index (χ2n) is 4.10. The molecule has 0 saturated carbocycles. The van der Waals surface area contributed by atoms with Crippen LogP contribution in [0.25, 0.3) is 10.9 Å². The number of rotatable bonds is 3. The first kappa shape index (κ1) is 12.5. The third kappa shape index (κ3) is 1.95. The van der Waals surface area contributed by atoms with Crippen LogP contribution in [-0.4, -0.2) is 15.7 Å². The molecule has 2 aromatic rings. The topological polar surface area (TPSA) is 70.0 Å². The van der Waals surface area contributed by atoms with Crippen molar-refractivity contribution in [3.63, 3.8) is 0 Å². The molecule has 1 aromatic heterocycles. The summed E-state index contributed by atoms with van der Waals surface area (Å²) < 4.78 is 15.5. The first-order valence-corrected chi connectivity index (χ1v) is 5.65. The minimum absolute atomic E-state index is 0.273. The maximum absolute atomic E-state index is 13.1. The summed E-state index contributed by atoms with van der Waals surface area (Å²) in [6.07, 6.45) is 0.544. The van der Waals surface area contributed by atoms with Gasteiger partial charge in [0.1, 0.15) is 5.82 Å². The highest BCUT2D eigenvalue weighted by Crippen LogP contribution is 2.09. The molecule has 0 saturated heterocycles. The summed E-state index contributed by atoms with van der Waals surface area (Å²) in [6.45, 7) is 0.673. The van der Waals surface area contributed by atoms with Crippen molar-refractivity contribution in [3.05, 3.63) is 44.9 Å². The van der Waals surface area contributed by atoms with E-state index >= 15 is 0 Å². The number of halogens is 1.